The molecule has 1 N–H and O–H groups in total. The Hall–Kier alpha value is -1.96. The number of aromatic amines is 1. The molecule has 1 aromatic heterocycles. The van der Waals surface area contributed by atoms with Crippen molar-refractivity contribution in [2.45, 2.75) is 25.7 Å². The number of aromatic nitrogens is 1. The molecule has 26 heavy (non-hydrogen) atoms. The second-order valence-corrected chi connectivity index (χ2v) is 8.85. The zero-order chi connectivity index (χ0) is 18.9. The van der Waals surface area contributed by atoms with Gasteiger partial charge in [0.05, 0.1) is 11.4 Å². The molecule has 1 aliphatic rings. The smallest absolute Gasteiger partial charge is 0.243 e. The molecule has 2 aromatic rings. The van der Waals surface area contributed by atoms with E-state index >= 15 is 0 Å². The van der Waals surface area contributed by atoms with Gasteiger partial charge in [-0.3, -0.25) is 9.69 Å². The van der Waals surface area contributed by atoms with Crippen LogP contribution in [0.5, 0.6) is 0 Å². The number of benzene rings is 1. The van der Waals surface area contributed by atoms with Crippen molar-refractivity contribution in [3.63, 3.8) is 0 Å². The molecular weight excluding hydrogens is 350 g/mol. The summed E-state index contributed by atoms with van der Waals surface area (Å²) in [7, 11) is -3.48. The first-order valence-electron chi connectivity index (χ1n) is 8.76. The fourth-order valence-electron chi connectivity index (χ4n) is 3.35. The van der Waals surface area contributed by atoms with Crippen LogP contribution >= 0.6 is 0 Å². The molecule has 0 spiro atoms. The lowest BCUT2D eigenvalue weighted by Crippen LogP contribution is -2.49. The Bertz CT molecular complexity index is 910. The first kappa shape index (κ1) is 18.8. The molecule has 0 radical (unpaired) electrons. The van der Waals surface area contributed by atoms with Gasteiger partial charge in [-0.05, 0) is 44.5 Å². The fourth-order valence-corrected chi connectivity index (χ4v) is 4.88. The Kier molecular flexibility index (Phi) is 5.32. The van der Waals surface area contributed by atoms with Crippen molar-refractivity contribution >= 4 is 15.8 Å². The van der Waals surface area contributed by atoms with Crippen LogP contribution in [0.25, 0.3) is 0 Å². The summed E-state index contributed by atoms with van der Waals surface area (Å²) in [5.41, 5.74) is 3.50. The summed E-state index contributed by atoms with van der Waals surface area (Å²) in [4.78, 5) is 18.0. The van der Waals surface area contributed by atoms with E-state index in [9.17, 15) is 13.2 Å². The lowest BCUT2D eigenvalue weighted by molar-refractivity contribution is 0.0901. The molecule has 0 atom stereocenters. The lowest BCUT2D eigenvalue weighted by atomic mass is 10.1. The highest BCUT2D eigenvalue weighted by Crippen LogP contribution is 2.19. The van der Waals surface area contributed by atoms with Gasteiger partial charge >= 0.3 is 0 Å². The van der Waals surface area contributed by atoms with Gasteiger partial charge in [-0.15, -0.1) is 0 Å². The number of ketones is 1. The van der Waals surface area contributed by atoms with Gasteiger partial charge in [0.25, 0.3) is 0 Å². The SMILES string of the molecule is Cc1cccc(S(=O)(=O)N2CCN(CC(=O)c3cc(C)[nH]c3C)CC2)c1. The average Bonchev–Trinajstić information content (AvgIpc) is 2.94. The maximum Gasteiger partial charge on any atom is 0.243 e. The van der Waals surface area contributed by atoms with Gasteiger partial charge in [0.2, 0.25) is 10.0 Å². The highest BCUT2D eigenvalue weighted by molar-refractivity contribution is 7.89. The second kappa shape index (κ2) is 7.34. The first-order valence-corrected chi connectivity index (χ1v) is 10.2. The lowest BCUT2D eigenvalue weighted by Gasteiger charge is -2.33. The Morgan fingerprint density at radius 2 is 1.77 bits per heavy atom. The third-order valence-electron chi connectivity index (χ3n) is 4.78. The van der Waals surface area contributed by atoms with Crippen LogP contribution in [0.15, 0.2) is 35.2 Å². The molecule has 0 aliphatic carbocycles. The number of carbonyl (C=O) groups is 1. The van der Waals surface area contributed by atoms with E-state index in [1.54, 1.807) is 18.2 Å². The predicted molar refractivity (Wildman–Crippen MR) is 101 cm³/mol. The molecule has 140 valence electrons. The van der Waals surface area contributed by atoms with Crippen LogP contribution in [-0.2, 0) is 10.0 Å². The summed E-state index contributed by atoms with van der Waals surface area (Å²) in [5.74, 6) is 0.0711. The summed E-state index contributed by atoms with van der Waals surface area (Å²) in [6, 6.07) is 8.85. The number of piperazine rings is 1. The maximum atomic E-state index is 12.8. The van der Waals surface area contributed by atoms with Crippen molar-refractivity contribution in [3.05, 3.63) is 52.8 Å². The van der Waals surface area contributed by atoms with E-state index in [4.69, 9.17) is 0 Å². The zero-order valence-electron chi connectivity index (χ0n) is 15.4. The number of nitrogens with one attached hydrogen (secondary N) is 1. The van der Waals surface area contributed by atoms with E-state index in [0.717, 1.165) is 22.5 Å². The van der Waals surface area contributed by atoms with Crippen molar-refractivity contribution in [2.24, 2.45) is 0 Å². The van der Waals surface area contributed by atoms with Gasteiger partial charge in [-0.1, -0.05) is 12.1 Å². The van der Waals surface area contributed by atoms with Crippen LogP contribution in [-0.4, -0.2) is 61.1 Å². The number of sulfonamides is 1. The van der Waals surface area contributed by atoms with Gasteiger partial charge in [0.15, 0.2) is 5.78 Å². The van der Waals surface area contributed by atoms with E-state index in [-0.39, 0.29) is 5.78 Å². The predicted octanol–water partition coefficient (Wildman–Crippen LogP) is 2.13. The summed E-state index contributed by atoms with van der Waals surface area (Å²) in [6.07, 6.45) is 0. The standard InChI is InChI=1S/C19H25N3O3S/c1-14-5-4-6-17(11-14)26(24,25)22-9-7-21(8-10-22)13-19(23)18-12-15(2)20-16(18)3/h4-6,11-12,20H,7-10,13H2,1-3H3. The summed E-state index contributed by atoms with van der Waals surface area (Å²) in [6.45, 7) is 7.93. The minimum atomic E-state index is -3.48. The molecule has 7 heteroatoms. The number of hydrogen-bond acceptors (Lipinski definition) is 4. The molecule has 1 saturated heterocycles. The summed E-state index contributed by atoms with van der Waals surface area (Å²) in [5, 5.41) is 0. The number of carbonyl (C=O) groups excluding carboxylic acids is 1. The number of aryl methyl sites for hydroxylation is 3. The number of hydrogen-bond donors (Lipinski definition) is 1. The van der Waals surface area contributed by atoms with E-state index in [2.05, 4.69) is 4.98 Å². The van der Waals surface area contributed by atoms with E-state index in [0.29, 0.717) is 37.6 Å². The average molecular weight is 375 g/mol. The van der Waals surface area contributed by atoms with E-state index < -0.39 is 10.0 Å². The minimum absolute atomic E-state index is 0.0711. The summed E-state index contributed by atoms with van der Waals surface area (Å²) >= 11 is 0. The number of nitrogens with zero attached hydrogens (tertiary/aromatic N) is 2. The Labute approximate surface area is 154 Å². The largest absolute Gasteiger partial charge is 0.362 e. The highest BCUT2D eigenvalue weighted by atomic mass is 32.2. The van der Waals surface area contributed by atoms with Crippen LogP contribution in [0.2, 0.25) is 0 Å². The van der Waals surface area contributed by atoms with E-state index in [1.165, 1.54) is 4.31 Å². The molecule has 1 aliphatic heterocycles. The van der Waals surface area contributed by atoms with Crippen LogP contribution in [0.3, 0.4) is 0 Å². The maximum absolute atomic E-state index is 12.8. The van der Waals surface area contributed by atoms with Crippen molar-refractivity contribution in [1.82, 2.24) is 14.2 Å². The molecule has 0 bridgehead atoms. The van der Waals surface area contributed by atoms with Gasteiger partial charge in [-0.25, -0.2) is 8.42 Å². The topological polar surface area (TPSA) is 73.5 Å². The quantitative estimate of drug-likeness (QED) is 0.813. The molecule has 0 saturated carbocycles. The number of H-pyrrole nitrogens is 1. The Morgan fingerprint density at radius 3 is 2.35 bits per heavy atom. The number of rotatable bonds is 5. The van der Waals surface area contributed by atoms with Crippen molar-refractivity contribution in [1.29, 1.82) is 0 Å². The van der Waals surface area contributed by atoms with Crippen LogP contribution in [0.1, 0.15) is 27.3 Å². The first-order chi connectivity index (χ1) is 12.3. The monoisotopic (exact) mass is 375 g/mol. The highest BCUT2D eigenvalue weighted by Gasteiger charge is 2.29. The molecule has 0 unspecified atom stereocenters. The van der Waals surface area contributed by atoms with Crippen molar-refractivity contribution < 1.29 is 13.2 Å². The third-order valence-corrected chi connectivity index (χ3v) is 6.67. The fraction of sp³-hybridized carbons (Fsp3) is 0.421. The number of Topliss-reactive ketones (excluding diaryl/α,β-unsaturated/α-hetero) is 1. The Morgan fingerprint density at radius 1 is 1.08 bits per heavy atom. The molecule has 3 rings (SSSR count). The molecular formula is C19H25N3O3S. The normalized spacial score (nSPS) is 16.7. The van der Waals surface area contributed by atoms with Gasteiger partial charge < -0.3 is 4.98 Å². The van der Waals surface area contributed by atoms with Gasteiger partial charge in [-0.2, -0.15) is 4.31 Å². The molecule has 6 nitrogen and oxygen atoms in total. The zero-order valence-corrected chi connectivity index (χ0v) is 16.3. The third kappa shape index (κ3) is 3.90. The van der Waals surface area contributed by atoms with E-state index in [1.807, 2.05) is 37.8 Å². The van der Waals surface area contributed by atoms with Crippen LogP contribution < -0.4 is 0 Å². The van der Waals surface area contributed by atoms with Crippen LogP contribution in [0.4, 0.5) is 0 Å². The molecule has 2 heterocycles. The summed E-state index contributed by atoms with van der Waals surface area (Å²) < 4.78 is 27.1. The van der Waals surface area contributed by atoms with Crippen molar-refractivity contribution in [3.8, 4) is 0 Å². The van der Waals surface area contributed by atoms with Crippen LogP contribution in [0, 0.1) is 20.8 Å². The Balaban J connectivity index is 1.62. The van der Waals surface area contributed by atoms with Gasteiger partial charge in [0, 0.05) is 43.1 Å². The second-order valence-electron chi connectivity index (χ2n) is 6.91. The van der Waals surface area contributed by atoms with Gasteiger partial charge in [0.1, 0.15) is 0 Å². The molecule has 1 aromatic carbocycles. The molecule has 0 amide bonds. The van der Waals surface area contributed by atoms with Crippen molar-refractivity contribution in [2.75, 3.05) is 32.7 Å². The minimum Gasteiger partial charge on any atom is -0.362 e. The molecule has 1 fully saturated rings.